The molecule has 8 heteroatoms. The van der Waals surface area contributed by atoms with Gasteiger partial charge in [0.25, 0.3) is 5.91 Å². The smallest absolute Gasteiger partial charge is 0.266 e. The molecule has 0 saturated carbocycles. The molecule has 0 atom stereocenters. The molecule has 31 heavy (non-hydrogen) atoms. The van der Waals surface area contributed by atoms with Crippen LogP contribution in [0.15, 0.2) is 70.7 Å². The molecule has 0 spiro atoms. The van der Waals surface area contributed by atoms with Crippen LogP contribution in [0.5, 0.6) is 11.5 Å². The molecule has 3 rings (SSSR count). The maximum atomic E-state index is 12.4. The molecule has 0 unspecified atom stereocenters. The van der Waals surface area contributed by atoms with Crippen LogP contribution >= 0.6 is 50.1 Å². The lowest BCUT2D eigenvalue weighted by molar-refractivity contribution is -0.112. The number of amides is 1. The summed E-state index contributed by atoms with van der Waals surface area (Å²) in [5.41, 5.74) is 1.94. The van der Waals surface area contributed by atoms with Crippen molar-refractivity contribution in [1.82, 2.24) is 0 Å². The Kier molecular flexibility index (Phi) is 7.96. The molecule has 3 aromatic carbocycles. The quantitative estimate of drug-likeness (QED) is 0.144. The Morgan fingerprint density at radius 2 is 1.87 bits per heavy atom. The lowest BCUT2D eigenvalue weighted by Crippen LogP contribution is -2.13. The Bertz CT molecular complexity index is 1150. The first kappa shape index (κ1) is 23.1. The molecule has 1 amide bonds. The number of ether oxygens (including phenoxy) is 1. The minimum absolute atomic E-state index is 0.0814. The number of nitriles is 1. The van der Waals surface area contributed by atoms with Gasteiger partial charge in [0.15, 0.2) is 5.75 Å². The van der Waals surface area contributed by atoms with E-state index in [0.717, 1.165) is 9.13 Å². The van der Waals surface area contributed by atoms with Gasteiger partial charge in [-0.3, -0.25) is 4.79 Å². The van der Waals surface area contributed by atoms with Gasteiger partial charge >= 0.3 is 0 Å². The van der Waals surface area contributed by atoms with Crippen molar-refractivity contribution in [3.63, 3.8) is 0 Å². The molecule has 0 aliphatic heterocycles. The van der Waals surface area contributed by atoms with E-state index in [1.54, 1.807) is 12.1 Å². The number of carbonyl (C=O) groups is 1. The second-order valence-electron chi connectivity index (χ2n) is 6.40. The summed E-state index contributed by atoms with van der Waals surface area (Å²) in [7, 11) is 0. The van der Waals surface area contributed by atoms with Gasteiger partial charge < -0.3 is 15.2 Å². The van der Waals surface area contributed by atoms with Gasteiger partial charge in [-0.2, -0.15) is 5.26 Å². The molecule has 0 aromatic heterocycles. The molecule has 0 radical (unpaired) electrons. The van der Waals surface area contributed by atoms with Gasteiger partial charge in [-0.05, 0) is 104 Å². The number of hydrogen-bond acceptors (Lipinski definition) is 4. The maximum absolute atomic E-state index is 12.4. The molecular formula is C23H15BrClIN2O3. The van der Waals surface area contributed by atoms with Crippen molar-refractivity contribution in [2.45, 2.75) is 6.61 Å². The van der Waals surface area contributed by atoms with Crippen LogP contribution in [0.3, 0.4) is 0 Å². The molecule has 0 heterocycles. The van der Waals surface area contributed by atoms with Gasteiger partial charge in [0.1, 0.15) is 24.0 Å². The van der Waals surface area contributed by atoms with Gasteiger partial charge in [0.05, 0.1) is 9.50 Å². The van der Waals surface area contributed by atoms with E-state index in [4.69, 9.17) is 16.3 Å². The normalized spacial score (nSPS) is 11.0. The summed E-state index contributed by atoms with van der Waals surface area (Å²) in [5.74, 6) is -0.0123. The van der Waals surface area contributed by atoms with E-state index in [0.29, 0.717) is 33.1 Å². The van der Waals surface area contributed by atoms with Crippen LogP contribution in [0.1, 0.15) is 11.1 Å². The molecular weight excluding hydrogens is 595 g/mol. The molecule has 2 N–H and O–H groups in total. The summed E-state index contributed by atoms with van der Waals surface area (Å²) in [5, 5.41) is 21.7. The lowest BCUT2D eigenvalue weighted by atomic mass is 10.1. The van der Waals surface area contributed by atoms with Gasteiger partial charge in [-0.1, -0.05) is 23.7 Å². The Balaban J connectivity index is 1.76. The third-order valence-corrected chi connectivity index (χ3v) is 5.71. The average molecular weight is 610 g/mol. The fourth-order valence-corrected chi connectivity index (χ4v) is 3.94. The highest BCUT2D eigenvalue weighted by Crippen LogP contribution is 2.35. The third kappa shape index (κ3) is 6.47. The SMILES string of the molecule is N#C/C(=C/c1cc(Cl)c(OCc2ccc(I)cc2)c(Br)c1)C(=O)Nc1ccc(O)cc1. The van der Waals surface area contributed by atoms with E-state index in [-0.39, 0.29) is 11.3 Å². The van der Waals surface area contributed by atoms with Gasteiger partial charge in [-0.25, -0.2) is 0 Å². The van der Waals surface area contributed by atoms with Crippen LogP contribution in [0, 0.1) is 14.9 Å². The number of carbonyl (C=O) groups excluding carboxylic acids is 1. The summed E-state index contributed by atoms with van der Waals surface area (Å²) in [4.78, 5) is 12.4. The van der Waals surface area contributed by atoms with Crippen LogP contribution in [0.2, 0.25) is 5.02 Å². The van der Waals surface area contributed by atoms with Crippen molar-refractivity contribution in [3.8, 4) is 17.6 Å². The largest absolute Gasteiger partial charge is 0.508 e. The Morgan fingerprint density at radius 3 is 2.48 bits per heavy atom. The maximum Gasteiger partial charge on any atom is 0.266 e. The van der Waals surface area contributed by atoms with E-state index >= 15 is 0 Å². The molecule has 0 aliphatic rings. The molecule has 0 bridgehead atoms. The van der Waals surface area contributed by atoms with Gasteiger partial charge in [0.2, 0.25) is 0 Å². The van der Waals surface area contributed by atoms with Crippen molar-refractivity contribution in [1.29, 1.82) is 5.26 Å². The number of rotatable bonds is 6. The van der Waals surface area contributed by atoms with E-state index in [1.165, 1.54) is 30.3 Å². The first-order valence-electron chi connectivity index (χ1n) is 8.94. The highest BCUT2D eigenvalue weighted by molar-refractivity contribution is 14.1. The van der Waals surface area contributed by atoms with Crippen molar-refractivity contribution in [3.05, 3.63) is 90.4 Å². The van der Waals surface area contributed by atoms with Crippen LogP contribution in [0.4, 0.5) is 5.69 Å². The predicted octanol–water partition coefficient (Wildman–Crippen LogP) is 6.54. The fourth-order valence-electron chi connectivity index (χ4n) is 2.60. The van der Waals surface area contributed by atoms with Gasteiger partial charge in [-0.15, -0.1) is 0 Å². The van der Waals surface area contributed by atoms with Crippen molar-refractivity contribution >= 4 is 67.8 Å². The molecule has 0 aliphatic carbocycles. The van der Waals surface area contributed by atoms with Crippen LogP contribution in [-0.2, 0) is 11.4 Å². The highest BCUT2D eigenvalue weighted by atomic mass is 127. The summed E-state index contributed by atoms with van der Waals surface area (Å²) < 4.78 is 7.59. The zero-order valence-electron chi connectivity index (χ0n) is 15.9. The van der Waals surface area contributed by atoms with E-state index in [1.807, 2.05) is 30.3 Å². The number of anilines is 1. The Hall–Kier alpha value is -2.54. The zero-order chi connectivity index (χ0) is 22.4. The summed E-state index contributed by atoms with van der Waals surface area (Å²) >= 11 is 12.1. The predicted molar refractivity (Wildman–Crippen MR) is 133 cm³/mol. The first-order valence-corrected chi connectivity index (χ1v) is 11.2. The number of halogens is 3. The average Bonchev–Trinajstić information content (AvgIpc) is 2.74. The van der Waals surface area contributed by atoms with Crippen LogP contribution in [0.25, 0.3) is 6.08 Å². The standard InChI is InChI=1S/C23H15BrClIN2O3/c24-20-10-15(9-16(12-27)23(30)28-18-5-7-19(29)8-6-18)11-21(25)22(20)31-13-14-1-3-17(26)4-2-14/h1-11,29H,13H2,(H,28,30)/b16-9-. The Morgan fingerprint density at radius 1 is 1.19 bits per heavy atom. The third-order valence-electron chi connectivity index (χ3n) is 4.12. The number of benzene rings is 3. The van der Waals surface area contributed by atoms with Crippen molar-refractivity contribution in [2.24, 2.45) is 0 Å². The second kappa shape index (κ2) is 10.7. The van der Waals surface area contributed by atoms with Crippen molar-refractivity contribution in [2.75, 3.05) is 5.32 Å². The van der Waals surface area contributed by atoms with Crippen molar-refractivity contribution < 1.29 is 14.6 Å². The Labute approximate surface area is 206 Å². The number of hydrogen-bond donors (Lipinski definition) is 2. The fraction of sp³-hybridized carbons (Fsp3) is 0.0435. The van der Waals surface area contributed by atoms with Gasteiger partial charge in [0, 0.05) is 9.26 Å². The van der Waals surface area contributed by atoms with Crippen LogP contribution in [-0.4, -0.2) is 11.0 Å². The van der Waals surface area contributed by atoms with E-state index < -0.39 is 5.91 Å². The number of nitrogens with one attached hydrogen (secondary N) is 1. The number of phenolic OH excluding ortho intramolecular Hbond substituents is 1. The molecule has 3 aromatic rings. The highest BCUT2D eigenvalue weighted by Gasteiger charge is 2.13. The second-order valence-corrected chi connectivity index (χ2v) is 8.91. The molecule has 156 valence electrons. The molecule has 5 nitrogen and oxygen atoms in total. The summed E-state index contributed by atoms with van der Waals surface area (Å²) in [6.45, 7) is 0.350. The first-order chi connectivity index (χ1) is 14.9. The van der Waals surface area contributed by atoms with Crippen LogP contribution < -0.4 is 10.1 Å². The molecule has 0 saturated heterocycles. The number of phenols is 1. The minimum Gasteiger partial charge on any atom is -0.508 e. The number of aromatic hydroxyl groups is 1. The topological polar surface area (TPSA) is 82.3 Å². The summed E-state index contributed by atoms with van der Waals surface area (Å²) in [6, 6.07) is 19.2. The van der Waals surface area contributed by atoms with E-state index in [9.17, 15) is 15.2 Å². The zero-order valence-corrected chi connectivity index (χ0v) is 20.4. The minimum atomic E-state index is -0.570. The van der Waals surface area contributed by atoms with E-state index in [2.05, 4.69) is 43.8 Å². The number of nitrogens with zero attached hydrogens (tertiary/aromatic N) is 1. The lowest BCUT2D eigenvalue weighted by Gasteiger charge is -2.11. The monoisotopic (exact) mass is 608 g/mol. The molecule has 0 fully saturated rings. The summed E-state index contributed by atoms with van der Waals surface area (Å²) in [6.07, 6.45) is 1.44.